The zero-order chi connectivity index (χ0) is 24.0. The number of nitrogens with zero attached hydrogens (tertiary/aromatic N) is 4. The molecule has 1 unspecified atom stereocenters. The zero-order valence-corrected chi connectivity index (χ0v) is 18.2. The summed E-state index contributed by atoms with van der Waals surface area (Å²) < 4.78 is 66.4. The van der Waals surface area contributed by atoms with Gasteiger partial charge >= 0.3 is 6.18 Å². The summed E-state index contributed by atoms with van der Waals surface area (Å²) in [7, 11) is -2.74. The van der Waals surface area contributed by atoms with Gasteiger partial charge in [0.2, 0.25) is 10.0 Å². The molecule has 0 amide bonds. The number of nitrogens with one attached hydrogen (secondary N) is 2. The van der Waals surface area contributed by atoms with Crippen molar-refractivity contribution in [2.24, 2.45) is 0 Å². The number of hydrogen-bond acceptors (Lipinski definition) is 6. The molecule has 2 N–H and O–H groups in total. The molecule has 4 rings (SSSR count). The Kier molecular flexibility index (Phi) is 5.47. The molecule has 3 heterocycles. The molecule has 1 aliphatic rings. The van der Waals surface area contributed by atoms with Gasteiger partial charge in [-0.15, -0.1) is 0 Å². The van der Waals surface area contributed by atoms with Crippen LogP contribution in [-0.2, 0) is 10.0 Å². The van der Waals surface area contributed by atoms with Crippen LogP contribution < -0.4 is 10.0 Å². The second-order valence-electron chi connectivity index (χ2n) is 7.23. The molecule has 33 heavy (non-hydrogen) atoms. The first-order valence-electron chi connectivity index (χ1n) is 9.63. The standard InChI is InChI=1S/C21H17F3N6O2S/c1-12(21(22,23)24)29-33(31,32)15-6-7-18(27-11-15)19-17(9-25)16-8-13(26-2)10-28-20(16)30(19)14-4-3-5-14/h3-8,10-12,26,29H,1-2H3. The highest BCUT2D eigenvalue weighted by molar-refractivity contribution is 7.89. The van der Waals surface area contributed by atoms with E-state index in [-0.39, 0.29) is 11.3 Å². The fourth-order valence-electron chi connectivity index (χ4n) is 3.29. The maximum Gasteiger partial charge on any atom is 0.404 e. The fraction of sp³-hybridized carbons (Fsp3) is 0.190. The van der Waals surface area contributed by atoms with Gasteiger partial charge in [-0.05, 0) is 37.3 Å². The molecule has 0 bridgehead atoms. The maximum atomic E-state index is 12.8. The second kappa shape index (κ2) is 8.02. The zero-order valence-electron chi connectivity index (χ0n) is 17.3. The number of halogens is 3. The summed E-state index contributed by atoms with van der Waals surface area (Å²) in [4.78, 5) is 8.19. The van der Waals surface area contributed by atoms with Gasteiger partial charge in [-0.2, -0.15) is 23.2 Å². The lowest BCUT2D eigenvalue weighted by atomic mass is 10.1. The van der Waals surface area contributed by atoms with Gasteiger partial charge in [0.15, 0.2) is 0 Å². The first kappa shape index (κ1) is 22.5. The molecule has 0 fully saturated rings. The minimum Gasteiger partial charge on any atom is -0.387 e. The molecule has 0 saturated heterocycles. The van der Waals surface area contributed by atoms with Gasteiger partial charge in [0.05, 0.1) is 28.8 Å². The van der Waals surface area contributed by atoms with E-state index in [0.29, 0.717) is 29.3 Å². The quantitative estimate of drug-likeness (QED) is 0.564. The predicted molar refractivity (Wildman–Crippen MR) is 116 cm³/mol. The molecule has 12 heteroatoms. The third kappa shape index (κ3) is 3.96. The van der Waals surface area contributed by atoms with Gasteiger partial charge in [-0.25, -0.2) is 13.4 Å². The van der Waals surface area contributed by atoms with Crippen molar-refractivity contribution >= 4 is 32.4 Å². The van der Waals surface area contributed by atoms with Crippen LogP contribution in [0.25, 0.3) is 28.1 Å². The summed E-state index contributed by atoms with van der Waals surface area (Å²) >= 11 is 0. The molecule has 8 nitrogen and oxygen atoms in total. The summed E-state index contributed by atoms with van der Waals surface area (Å²) in [6, 6.07) is 4.16. The van der Waals surface area contributed by atoms with Crippen LogP contribution in [0, 0.1) is 11.3 Å². The average molecular weight is 474 g/mol. The summed E-state index contributed by atoms with van der Waals surface area (Å²) in [6.45, 7) is 0.712. The van der Waals surface area contributed by atoms with Crippen molar-refractivity contribution < 1.29 is 21.6 Å². The summed E-state index contributed by atoms with van der Waals surface area (Å²) in [5.41, 5.74) is 2.89. The van der Waals surface area contributed by atoms with Crippen molar-refractivity contribution in [1.82, 2.24) is 19.3 Å². The Bertz CT molecular complexity index is 1450. The van der Waals surface area contributed by atoms with Crippen LogP contribution >= 0.6 is 0 Å². The second-order valence-corrected chi connectivity index (χ2v) is 8.94. The van der Waals surface area contributed by atoms with Crippen LogP contribution in [0.1, 0.15) is 12.5 Å². The Morgan fingerprint density at radius 2 is 1.94 bits per heavy atom. The van der Waals surface area contributed by atoms with Crippen LogP contribution in [0.3, 0.4) is 0 Å². The number of rotatable bonds is 6. The maximum absolute atomic E-state index is 12.8. The van der Waals surface area contributed by atoms with Crippen LogP contribution in [0.4, 0.5) is 18.9 Å². The smallest absolute Gasteiger partial charge is 0.387 e. The van der Waals surface area contributed by atoms with Gasteiger partial charge in [0, 0.05) is 24.3 Å². The van der Waals surface area contributed by atoms with E-state index in [2.05, 4.69) is 21.4 Å². The van der Waals surface area contributed by atoms with Crippen molar-refractivity contribution in [2.75, 3.05) is 12.4 Å². The van der Waals surface area contributed by atoms with E-state index in [1.807, 2.05) is 18.2 Å². The van der Waals surface area contributed by atoms with E-state index in [0.717, 1.165) is 18.0 Å². The summed E-state index contributed by atoms with van der Waals surface area (Å²) in [6.07, 6.45) is 3.30. The van der Waals surface area contributed by atoms with Gasteiger partial charge in [0.1, 0.15) is 22.7 Å². The molecular formula is C21H17F3N6O2S. The fourth-order valence-corrected chi connectivity index (χ4v) is 4.46. The van der Waals surface area contributed by atoms with Gasteiger partial charge < -0.3 is 5.32 Å². The van der Waals surface area contributed by atoms with Crippen molar-refractivity contribution in [1.29, 1.82) is 5.26 Å². The van der Waals surface area contributed by atoms with E-state index in [4.69, 9.17) is 0 Å². The van der Waals surface area contributed by atoms with Gasteiger partial charge in [-0.1, -0.05) is 6.08 Å². The molecule has 1 aliphatic carbocycles. The van der Waals surface area contributed by atoms with E-state index in [9.17, 15) is 26.9 Å². The predicted octanol–water partition coefficient (Wildman–Crippen LogP) is 3.65. The molecule has 0 aromatic carbocycles. The van der Waals surface area contributed by atoms with Crippen LogP contribution in [0.15, 0.2) is 53.7 Å². The minimum absolute atomic E-state index is 0.263. The van der Waals surface area contributed by atoms with Crippen molar-refractivity contribution in [3.8, 4) is 17.5 Å². The number of pyridine rings is 2. The Morgan fingerprint density at radius 3 is 2.45 bits per heavy atom. The number of sulfonamides is 1. The lowest BCUT2D eigenvalue weighted by Gasteiger charge is -2.17. The summed E-state index contributed by atoms with van der Waals surface area (Å²) in [5.74, 6) is 0. The Balaban J connectivity index is 1.82. The average Bonchev–Trinajstić information content (AvgIpc) is 3.04. The van der Waals surface area contributed by atoms with Crippen molar-refractivity contribution in [2.45, 2.75) is 24.0 Å². The minimum atomic E-state index is -4.73. The van der Waals surface area contributed by atoms with Crippen molar-refractivity contribution in [3.63, 3.8) is 0 Å². The number of hydrogen-bond donors (Lipinski definition) is 2. The lowest BCUT2D eigenvalue weighted by Crippen LogP contribution is -2.42. The molecule has 0 spiro atoms. The highest BCUT2D eigenvalue weighted by atomic mass is 32.2. The van der Waals surface area contributed by atoms with Crippen LogP contribution in [0.5, 0.6) is 0 Å². The number of anilines is 1. The monoisotopic (exact) mass is 474 g/mol. The van der Waals surface area contributed by atoms with Gasteiger partial charge in [-0.3, -0.25) is 9.55 Å². The largest absolute Gasteiger partial charge is 0.404 e. The molecule has 0 aliphatic heterocycles. The SMILES string of the molecule is CNc1cnc2c(c1)c(C#N)c(-c1ccc(S(=O)(=O)NC(C)C(F)(F)F)cn1)n2C1=CC=C1. The van der Waals surface area contributed by atoms with Crippen LogP contribution in [-0.4, -0.2) is 42.2 Å². The van der Waals surface area contributed by atoms with E-state index in [1.54, 1.807) is 28.6 Å². The first-order chi connectivity index (χ1) is 15.6. The molecule has 3 aromatic heterocycles. The van der Waals surface area contributed by atoms with Gasteiger partial charge in [0.25, 0.3) is 0 Å². The first-order valence-corrected chi connectivity index (χ1v) is 11.1. The van der Waals surface area contributed by atoms with E-state index >= 15 is 0 Å². The van der Waals surface area contributed by atoms with Crippen LogP contribution in [0.2, 0.25) is 0 Å². The number of aromatic nitrogens is 3. The molecule has 0 radical (unpaired) electrons. The van der Waals surface area contributed by atoms with Crippen molar-refractivity contribution in [3.05, 3.63) is 54.4 Å². The van der Waals surface area contributed by atoms with E-state index in [1.165, 1.54) is 6.07 Å². The molecule has 170 valence electrons. The van der Waals surface area contributed by atoms with E-state index < -0.39 is 27.1 Å². The Morgan fingerprint density at radius 1 is 1.21 bits per heavy atom. The third-order valence-corrected chi connectivity index (χ3v) is 6.64. The highest BCUT2D eigenvalue weighted by Gasteiger charge is 2.39. The number of nitriles is 1. The number of fused-ring (bicyclic) bond motifs is 1. The summed E-state index contributed by atoms with van der Waals surface area (Å²) in [5, 5.41) is 13.4. The highest BCUT2D eigenvalue weighted by Crippen LogP contribution is 2.37. The normalized spacial score (nSPS) is 14.5. The Labute approximate surface area is 187 Å². The molecular weight excluding hydrogens is 457 g/mol. The Hall–Kier alpha value is -3.69. The molecule has 3 aromatic rings. The number of allylic oxidation sites excluding steroid dienone is 4. The lowest BCUT2D eigenvalue weighted by molar-refractivity contribution is -0.147. The third-order valence-electron chi connectivity index (χ3n) is 5.11. The number of alkyl halides is 3. The topological polar surface area (TPSA) is 113 Å². The molecule has 0 saturated carbocycles. The molecule has 1 atom stereocenters.